The number of methoxy groups -OCH3 is 1. The third-order valence-corrected chi connectivity index (χ3v) is 6.25. The Balaban J connectivity index is 1.85. The minimum Gasteiger partial charge on any atom is -0.372 e. The van der Waals surface area contributed by atoms with E-state index >= 15 is 0 Å². The van der Waals surface area contributed by atoms with Crippen molar-refractivity contribution in [3.63, 3.8) is 0 Å². The average Bonchev–Trinajstić information content (AvgIpc) is 3.34. The normalized spacial score (nSPS) is 13.3. The molecule has 15 heteroatoms. The van der Waals surface area contributed by atoms with Crippen LogP contribution in [0.25, 0.3) is 0 Å². The van der Waals surface area contributed by atoms with E-state index in [1.54, 1.807) is 30.3 Å². The predicted octanol–water partition coefficient (Wildman–Crippen LogP) is 7.21. The van der Waals surface area contributed by atoms with E-state index in [1.165, 1.54) is 20.2 Å². The number of anilines is 1. The van der Waals surface area contributed by atoms with E-state index in [2.05, 4.69) is 15.4 Å². The number of tetrazole rings is 1. The van der Waals surface area contributed by atoms with Crippen molar-refractivity contribution in [1.29, 1.82) is 0 Å². The van der Waals surface area contributed by atoms with Crippen LogP contribution in [0.4, 0.5) is 45.5 Å². The molecule has 1 heterocycles. The highest BCUT2D eigenvalue weighted by Crippen LogP contribution is 2.38. The van der Waals surface area contributed by atoms with Crippen LogP contribution in [0, 0.1) is 0 Å². The van der Waals surface area contributed by atoms with Crippen LogP contribution in [0.5, 0.6) is 0 Å². The van der Waals surface area contributed by atoms with Crippen LogP contribution in [0.3, 0.4) is 0 Å². The van der Waals surface area contributed by atoms with E-state index in [4.69, 9.17) is 4.74 Å². The molecule has 6 nitrogen and oxygen atoms in total. The molecule has 0 aliphatic heterocycles. The Kier molecular flexibility index (Phi) is 8.53. The van der Waals surface area contributed by atoms with Gasteiger partial charge >= 0.3 is 18.5 Å². The van der Waals surface area contributed by atoms with Gasteiger partial charge in [0.1, 0.15) is 6.10 Å². The van der Waals surface area contributed by atoms with E-state index < -0.39 is 60.0 Å². The van der Waals surface area contributed by atoms with Gasteiger partial charge in [-0.05, 0) is 57.8 Å². The number of ether oxygens (including phenoxy) is 1. The van der Waals surface area contributed by atoms with Crippen molar-refractivity contribution in [1.82, 2.24) is 20.2 Å². The minimum absolute atomic E-state index is 0.0115. The van der Waals surface area contributed by atoms with Gasteiger partial charge in [0, 0.05) is 20.2 Å². The van der Waals surface area contributed by atoms with E-state index in [9.17, 15) is 39.5 Å². The lowest BCUT2D eigenvalue weighted by Crippen LogP contribution is -2.26. The van der Waals surface area contributed by atoms with Crippen molar-refractivity contribution in [3.8, 4) is 0 Å². The largest absolute Gasteiger partial charge is 0.416 e. The summed E-state index contributed by atoms with van der Waals surface area (Å²) < 4.78 is 128. The number of hydrogen-bond acceptors (Lipinski definition) is 5. The molecule has 0 saturated heterocycles. The molecule has 0 spiro atoms. The summed E-state index contributed by atoms with van der Waals surface area (Å²) in [5, 5.41) is 11.5. The zero-order valence-electron chi connectivity index (χ0n) is 21.9. The first-order valence-corrected chi connectivity index (χ1v) is 12.1. The molecule has 1 unspecified atom stereocenters. The van der Waals surface area contributed by atoms with Gasteiger partial charge in [0.05, 0.1) is 23.7 Å². The van der Waals surface area contributed by atoms with Gasteiger partial charge in [0.15, 0.2) is 0 Å². The second-order valence-corrected chi connectivity index (χ2v) is 9.29. The summed E-state index contributed by atoms with van der Waals surface area (Å²) in [5.41, 5.74) is -3.62. The van der Waals surface area contributed by atoms with Crippen LogP contribution in [0.2, 0.25) is 0 Å². The van der Waals surface area contributed by atoms with E-state index in [1.807, 2.05) is 0 Å². The van der Waals surface area contributed by atoms with Crippen molar-refractivity contribution in [2.24, 2.45) is 7.05 Å². The van der Waals surface area contributed by atoms with Crippen molar-refractivity contribution in [2.45, 2.75) is 37.7 Å². The summed E-state index contributed by atoms with van der Waals surface area (Å²) in [6.45, 7) is -1.08. The van der Waals surface area contributed by atoms with Gasteiger partial charge in [0.25, 0.3) is 5.95 Å². The smallest absolute Gasteiger partial charge is 0.372 e. The van der Waals surface area contributed by atoms with Crippen molar-refractivity contribution in [3.05, 3.63) is 106 Å². The number of hydrogen-bond donors (Lipinski definition) is 0. The highest BCUT2D eigenvalue weighted by Gasteiger charge is 2.37. The maximum Gasteiger partial charge on any atom is 0.416 e. The molecular formula is C27H22F9N5O. The molecule has 0 aliphatic carbocycles. The third kappa shape index (κ3) is 7.19. The lowest BCUT2D eigenvalue weighted by atomic mass is 9.94. The van der Waals surface area contributed by atoms with Crippen molar-refractivity contribution < 1.29 is 44.3 Å². The summed E-state index contributed by atoms with van der Waals surface area (Å²) in [7, 11) is 2.72. The molecule has 4 aromatic rings. The fraction of sp³-hybridized carbons (Fsp3) is 0.296. The number of rotatable bonds is 8. The maximum atomic E-state index is 13.7. The van der Waals surface area contributed by atoms with Crippen LogP contribution >= 0.6 is 0 Å². The van der Waals surface area contributed by atoms with Crippen LogP contribution in [0.1, 0.15) is 45.0 Å². The van der Waals surface area contributed by atoms with Crippen molar-refractivity contribution in [2.75, 3.05) is 12.0 Å². The van der Waals surface area contributed by atoms with Crippen LogP contribution in [-0.2, 0) is 43.4 Å². The van der Waals surface area contributed by atoms with Gasteiger partial charge < -0.3 is 9.64 Å². The number of aryl methyl sites for hydroxylation is 1. The Morgan fingerprint density at radius 1 is 0.762 bits per heavy atom. The van der Waals surface area contributed by atoms with E-state index in [-0.39, 0.29) is 23.1 Å². The van der Waals surface area contributed by atoms with Crippen LogP contribution in [-0.4, -0.2) is 27.3 Å². The summed E-state index contributed by atoms with van der Waals surface area (Å²) >= 11 is 0. The van der Waals surface area contributed by atoms with Gasteiger partial charge in [-0.25, -0.2) is 0 Å². The molecule has 42 heavy (non-hydrogen) atoms. The lowest BCUT2D eigenvalue weighted by molar-refractivity contribution is -0.143. The number of halogens is 9. The molecule has 0 fully saturated rings. The maximum absolute atomic E-state index is 13.7. The molecule has 0 amide bonds. The molecule has 1 aromatic heterocycles. The summed E-state index contributed by atoms with van der Waals surface area (Å²) in [6.07, 6.45) is -15.8. The predicted molar refractivity (Wildman–Crippen MR) is 132 cm³/mol. The summed E-state index contributed by atoms with van der Waals surface area (Å²) in [4.78, 5) is 2.13. The fourth-order valence-corrected chi connectivity index (χ4v) is 4.38. The highest BCUT2D eigenvalue weighted by atomic mass is 19.4. The van der Waals surface area contributed by atoms with Gasteiger partial charge in [-0.3, -0.25) is 0 Å². The molecule has 0 saturated carbocycles. The highest BCUT2D eigenvalue weighted by molar-refractivity contribution is 5.44. The second-order valence-electron chi connectivity index (χ2n) is 9.29. The van der Waals surface area contributed by atoms with Crippen LogP contribution < -0.4 is 4.90 Å². The second kappa shape index (κ2) is 11.6. The Morgan fingerprint density at radius 3 is 1.86 bits per heavy atom. The van der Waals surface area contributed by atoms with Gasteiger partial charge in [-0.15, -0.1) is 5.10 Å². The van der Waals surface area contributed by atoms with E-state index in [0.29, 0.717) is 17.7 Å². The minimum atomic E-state index is -5.10. The first-order chi connectivity index (χ1) is 19.6. The fourth-order valence-electron chi connectivity index (χ4n) is 4.38. The standard InChI is InChI=1S/C27H22F9N5O/c1-40-38-24(37-39-40)41(14-16-10-20(26(31,32)33)13-21(11-16)27(34,35)36)15-18-12-19(25(28,29)30)8-9-22(18)23(42-2)17-6-4-3-5-7-17/h3-13,23H,14-15H2,1-2H3. The zero-order chi connectivity index (χ0) is 30.9. The molecule has 0 bridgehead atoms. The number of benzene rings is 3. The molecule has 0 N–H and O–H groups in total. The number of aromatic nitrogens is 4. The molecule has 4 rings (SSSR count). The van der Waals surface area contributed by atoms with Crippen molar-refractivity contribution >= 4 is 5.95 Å². The average molecular weight is 603 g/mol. The molecule has 0 aliphatic rings. The first-order valence-electron chi connectivity index (χ1n) is 12.1. The number of alkyl halides is 9. The summed E-state index contributed by atoms with van der Waals surface area (Å²) in [5.74, 6) is -0.236. The SMILES string of the molecule is COC(c1ccccc1)c1ccc(C(F)(F)F)cc1CN(Cc1cc(C(F)(F)F)cc(C(F)(F)F)c1)c1nnn(C)n1. The van der Waals surface area contributed by atoms with Crippen LogP contribution in [0.15, 0.2) is 66.7 Å². The molecule has 3 aromatic carbocycles. The Labute approximate surface area is 233 Å². The lowest BCUT2D eigenvalue weighted by Gasteiger charge is -2.26. The van der Waals surface area contributed by atoms with E-state index in [0.717, 1.165) is 21.8 Å². The summed E-state index contributed by atoms with van der Waals surface area (Å²) in [6, 6.07) is 12.5. The molecule has 0 radical (unpaired) electrons. The zero-order valence-corrected chi connectivity index (χ0v) is 21.9. The van der Waals surface area contributed by atoms with Gasteiger partial charge in [0.2, 0.25) is 0 Å². The first kappa shape index (κ1) is 30.8. The topological polar surface area (TPSA) is 56.1 Å². The van der Waals surface area contributed by atoms with Gasteiger partial charge in [-0.2, -0.15) is 44.3 Å². The number of nitrogens with zero attached hydrogens (tertiary/aromatic N) is 5. The Bertz CT molecular complexity index is 1480. The third-order valence-electron chi connectivity index (χ3n) is 6.25. The molecule has 1 atom stereocenters. The molecular weight excluding hydrogens is 581 g/mol. The Morgan fingerprint density at radius 2 is 1.36 bits per heavy atom. The molecule has 224 valence electrons. The van der Waals surface area contributed by atoms with Gasteiger partial charge in [-0.1, -0.05) is 41.5 Å². The quantitative estimate of drug-likeness (QED) is 0.199. The Hall–Kier alpha value is -4.14. The monoisotopic (exact) mass is 603 g/mol.